The molecule has 1 aromatic carbocycles. The van der Waals surface area contributed by atoms with Crippen LogP contribution < -0.4 is 5.73 Å². The summed E-state index contributed by atoms with van der Waals surface area (Å²) in [5, 5.41) is 0.719. The summed E-state index contributed by atoms with van der Waals surface area (Å²) in [5.41, 5.74) is 7.27. The normalized spacial score (nSPS) is 10.9. The minimum atomic E-state index is -0.374. The molecule has 2 N–H and O–H groups in total. The van der Waals surface area contributed by atoms with Crippen molar-refractivity contribution < 1.29 is 8.81 Å². The Kier molecular flexibility index (Phi) is 2.08. The second kappa shape index (κ2) is 3.59. The van der Waals surface area contributed by atoms with E-state index >= 15 is 0 Å². The van der Waals surface area contributed by atoms with Crippen LogP contribution in [0.5, 0.6) is 0 Å². The number of nitrogens with zero attached hydrogens (tertiary/aromatic N) is 1. The number of halogens is 1. The Hall–Kier alpha value is -2.36. The Morgan fingerprint density at radius 3 is 2.88 bits per heavy atom. The van der Waals surface area contributed by atoms with Crippen LogP contribution in [0.4, 0.5) is 10.1 Å². The van der Waals surface area contributed by atoms with Crippen molar-refractivity contribution in [2.24, 2.45) is 0 Å². The lowest BCUT2D eigenvalue weighted by Crippen LogP contribution is -1.89. The maximum Gasteiger partial charge on any atom is 0.170 e. The van der Waals surface area contributed by atoms with Gasteiger partial charge in [-0.1, -0.05) is 12.1 Å². The molecular weight excluding hydrogens is 219 g/mol. The molecule has 0 atom stereocenters. The number of rotatable bonds is 1. The molecule has 0 saturated heterocycles. The Balaban J connectivity index is 2.26. The van der Waals surface area contributed by atoms with E-state index in [2.05, 4.69) is 4.98 Å². The summed E-state index contributed by atoms with van der Waals surface area (Å²) in [7, 11) is 0. The van der Waals surface area contributed by atoms with Crippen LogP contribution in [0.15, 0.2) is 47.1 Å². The van der Waals surface area contributed by atoms with E-state index in [1.807, 2.05) is 0 Å². The maximum atomic E-state index is 13.5. The van der Waals surface area contributed by atoms with Crippen LogP contribution in [-0.4, -0.2) is 4.98 Å². The average molecular weight is 228 g/mol. The number of hydrogen-bond donors (Lipinski definition) is 1. The number of hydrogen-bond acceptors (Lipinski definition) is 3. The molecule has 4 heteroatoms. The highest BCUT2D eigenvalue weighted by Crippen LogP contribution is 2.31. The van der Waals surface area contributed by atoms with Crippen molar-refractivity contribution in [1.29, 1.82) is 0 Å². The van der Waals surface area contributed by atoms with Crippen molar-refractivity contribution in [3.05, 3.63) is 48.5 Å². The fourth-order valence-electron chi connectivity index (χ4n) is 1.79. The van der Waals surface area contributed by atoms with Crippen LogP contribution in [-0.2, 0) is 0 Å². The first-order valence-electron chi connectivity index (χ1n) is 5.13. The van der Waals surface area contributed by atoms with Crippen molar-refractivity contribution in [1.82, 2.24) is 4.98 Å². The van der Waals surface area contributed by atoms with Crippen molar-refractivity contribution in [2.45, 2.75) is 0 Å². The van der Waals surface area contributed by atoms with Crippen LogP contribution >= 0.6 is 0 Å². The van der Waals surface area contributed by atoms with Gasteiger partial charge in [0.1, 0.15) is 5.76 Å². The van der Waals surface area contributed by atoms with Crippen LogP contribution in [0, 0.1) is 5.82 Å². The third-order valence-electron chi connectivity index (χ3n) is 2.61. The van der Waals surface area contributed by atoms with Gasteiger partial charge in [0.2, 0.25) is 0 Å². The van der Waals surface area contributed by atoms with Crippen LogP contribution in [0.25, 0.3) is 22.3 Å². The Labute approximate surface area is 96.7 Å². The zero-order chi connectivity index (χ0) is 11.8. The van der Waals surface area contributed by atoms with E-state index in [1.165, 1.54) is 6.07 Å². The summed E-state index contributed by atoms with van der Waals surface area (Å²) in [5.74, 6) is 0.173. The molecule has 0 spiro atoms. The summed E-state index contributed by atoms with van der Waals surface area (Å²) < 4.78 is 19.0. The average Bonchev–Trinajstić information content (AvgIpc) is 2.75. The molecule has 0 saturated carbocycles. The summed E-state index contributed by atoms with van der Waals surface area (Å²) in [6.07, 6.45) is 3.16. The largest absolute Gasteiger partial charge is 0.453 e. The first-order valence-corrected chi connectivity index (χ1v) is 5.13. The number of benzene rings is 1. The number of aromatic nitrogens is 1. The molecule has 3 aromatic rings. The highest BCUT2D eigenvalue weighted by Gasteiger charge is 2.11. The van der Waals surface area contributed by atoms with E-state index in [0.29, 0.717) is 11.4 Å². The van der Waals surface area contributed by atoms with Gasteiger partial charge in [-0.2, -0.15) is 0 Å². The fourth-order valence-corrected chi connectivity index (χ4v) is 1.79. The number of para-hydroxylation sites is 1. The molecule has 0 aliphatic carbocycles. The predicted octanol–water partition coefficient (Wildman–Crippen LogP) is 3.22. The lowest BCUT2D eigenvalue weighted by atomic mass is 10.1. The SMILES string of the molecule is Nc1cnccc1-c1cc2cccc(F)c2o1. The lowest BCUT2D eigenvalue weighted by Gasteiger charge is -1.99. The van der Waals surface area contributed by atoms with Crippen molar-refractivity contribution >= 4 is 16.7 Å². The minimum absolute atomic E-state index is 0.249. The van der Waals surface area contributed by atoms with Crippen LogP contribution in [0.2, 0.25) is 0 Å². The number of fused-ring (bicyclic) bond motifs is 1. The smallest absolute Gasteiger partial charge is 0.170 e. The molecule has 2 heterocycles. The molecule has 0 bridgehead atoms. The van der Waals surface area contributed by atoms with Crippen molar-refractivity contribution in [3.8, 4) is 11.3 Å². The third kappa shape index (κ3) is 1.54. The summed E-state index contributed by atoms with van der Waals surface area (Å²) in [4.78, 5) is 3.90. The summed E-state index contributed by atoms with van der Waals surface area (Å²) in [6, 6.07) is 8.32. The van der Waals surface area contributed by atoms with E-state index < -0.39 is 0 Å². The Bertz CT molecular complexity index is 691. The topological polar surface area (TPSA) is 52.0 Å². The molecule has 3 nitrogen and oxygen atoms in total. The summed E-state index contributed by atoms with van der Waals surface area (Å²) >= 11 is 0. The molecule has 2 aromatic heterocycles. The number of nitrogen functional groups attached to an aromatic ring is 1. The first kappa shape index (κ1) is 9.84. The van der Waals surface area contributed by atoms with E-state index in [0.717, 1.165) is 10.9 Å². The molecule has 17 heavy (non-hydrogen) atoms. The molecule has 0 unspecified atom stereocenters. The highest BCUT2D eigenvalue weighted by atomic mass is 19.1. The number of furan rings is 1. The minimum Gasteiger partial charge on any atom is -0.453 e. The van der Waals surface area contributed by atoms with E-state index in [1.54, 1.807) is 36.7 Å². The van der Waals surface area contributed by atoms with Crippen molar-refractivity contribution in [3.63, 3.8) is 0 Å². The molecule has 0 amide bonds. The number of anilines is 1. The molecule has 3 rings (SSSR count). The highest BCUT2D eigenvalue weighted by molar-refractivity contribution is 5.85. The van der Waals surface area contributed by atoms with Crippen molar-refractivity contribution in [2.75, 3.05) is 5.73 Å². The number of nitrogens with two attached hydrogens (primary N) is 1. The Morgan fingerprint density at radius 1 is 1.24 bits per heavy atom. The van der Waals surface area contributed by atoms with Gasteiger partial charge in [-0.15, -0.1) is 0 Å². The Morgan fingerprint density at radius 2 is 2.12 bits per heavy atom. The lowest BCUT2D eigenvalue weighted by molar-refractivity contribution is 0.569. The van der Waals surface area contributed by atoms with Gasteiger partial charge in [-0.3, -0.25) is 4.98 Å². The molecule has 0 aliphatic rings. The van der Waals surface area contributed by atoms with E-state index in [-0.39, 0.29) is 11.4 Å². The standard InChI is InChI=1S/C13H9FN2O/c14-10-3-1-2-8-6-12(17-13(8)10)9-4-5-16-7-11(9)15/h1-7H,15H2. The van der Waals surface area contributed by atoms with E-state index in [9.17, 15) is 4.39 Å². The fraction of sp³-hybridized carbons (Fsp3) is 0. The van der Waals surface area contributed by atoms with Gasteiger partial charge in [0.05, 0.1) is 11.9 Å². The van der Waals surface area contributed by atoms with Gasteiger partial charge in [0, 0.05) is 17.1 Å². The maximum absolute atomic E-state index is 13.5. The zero-order valence-electron chi connectivity index (χ0n) is 8.85. The van der Waals surface area contributed by atoms with Gasteiger partial charge in [0.15, 0.2) is 11.4 Å². The van der Waals surface area contributed by atoms with Gasteiger partial charge in [0.25, 0.3) is 0 Å². The van der Waals surface area contributed by atoms with Crippen LogP contribution in [0.3, 0.4) is 0 Å². The molecule has 84 valence electrons. The second-order valence-corrected chi connectivity index (χ2v) is 3.73. The predicted molar refractivity (Wildman–Crippen MR) is 63.8 cm³/mol. The van der Waals surface area contributed by atoms with Crippen LogP contribution in [0.1, 0.15) is 0 Å². The van der Waals surface area contributed by atoms with Gasteiger partial charge < -0.3 is 10.2 Å². The second-order valence-electron chi connectivity index (χ2n) is 3.73. The number of pyridine rings is 1. The molecule has 0 fully saturated rings. The third-order valence-corrected chi connectivity index (χ3v) is 2.61. The zero-order valence-corrected chi connectivity index (χ0v) is 8.85. The molecular formula is C13H9FN2O. The van der Waals surface area contributed by atoms with Gasteiger partial charge in [-0.25, -0.2) is 4.39 Å². The molecule has 0 radical (unpaired) electrons. The van der Waals surface area contributed by atoms with Gasteiger partial charge in [-0.05, 0) is 18.2 Å². The quantitative estimate of drug-likeness (QED) is 0.695. The molecule has 0 aliphatic heterocycles. The first-order chi connectivity index (χ1) is 8.25. The monoisotopic (exact) mass is 228 g/mol. The van der Waals surface area contributed by atoms with Gasteiger partial charge >= 0.3 is 0 Å². The van der Waals surface area contributed by atoms with E-state index in [4.69, 9.17) is 10.2 Å². The summed E-state index contributed by atoms with van der Waals surface area (Å²) in [6.45, 7) is 0.